The van der Waals surface area contributed by atoms with Gasteiger partial charge in [0.2, 0.25) is 0 Å². The Kier molecular flexibility index (Phi) is 7.72. The molecule has 1 atom stereocenters. The first-order valence-corrected chi connectivity index (χ1v) is 12.9. The number of aromatic nitrogens is 2. The van der Waals surface area contributed by atoms with Gasteiger partial charge in [0, 0.05) is 28.3 Å². The van der Waals surface area contributed by atoms with Crippen LogP contribution in [0.25, 0.3) is 33.5 Å². The van der Waals surface area contributed by atoms with Crippen LogP contribution in [0, 0.1) is 0 Å². The van der Waals surface area contributed by atoms with E-state index in [0.717, 1.165) is 16.6 Å². The molecule has 5 rings (SSSR count). The number of nitrogens with one attached hydrogen (secondary N) is 2. The summed E-state index contributed by atoms with van der Waals surface area (Å²) in [7, 11) is 0. The molecule has 0 aliphatic rings. The number of ether oxygens (including phenoxy) is 1. The Hall–Kier alpha value is -4.46. The molecular formula is C31H26ClN3O4. The first-order valence-electron chi connectivity index (χ1n) is 12.5. The lowest BCUT2D eigenvalue weighted by molar-refractivity contribution is 0.0697. The van der Waals surface area contributed by atoms with Gasteiger partial charge in [0.05, 0.1) is 29.2 Å². The van der Waals surface area contributed by atoms with Gasteiger partial charge in [0.15, 0.2) is 0 Å². The second-order valence-corrected chi connectivity index (χ2v) is 9.33. The molecule has 5 aromatic rings. The smallest absolute Gasteiger partial charge is 0.336 e. The number of halogens is 1. The van der Waals surface area contributed by atoms with Crippen LogP contribution in [0.3, 0.4) is 0 Å². The van der Waals surface area contributed by atoms with Crippen LogP contribution >= 0.6 is 11.6 Å². The van der Waals surface area contributed by atoms with Crippen molar-refractivity contribution in [2.24, 2.45) is 0 Å². The van der Waals surface area contributed by atoms with Crippen molar-refractivity contribution >= 4 is 34.5 Å². The van der Waals surface area contributed by atoms with E-state index >= 15 is 0 Å². The molecule has 0 saturated carbocycles. The van der Waals surface area contributed by atoms with Gasteiger partial charge in [0.25, 0.3) is 5.91 Å². The topological polar surface area (TPSA) is 104 Å². The minimum Gasteiger partial charge on any atom is -0.478 e. The number of carboxylic acid groups (broad SMARTS) is 1. The number of nitrogens with zero attached hydrogens (tertiary/aromatic N) is 1. The number of hydrogen-bond acceptors (Lipinski definition) is 4. The Morgan fingerprint density at radius 1 is 0.974 bits per heavy atom. The fourth-order valence-electron chi connectivity index (χ4n) is 4.54. The number of amides is 1. The number of carboxylic acids is 1. The molecule has 196 valence electrons. The van der Waals surface area contributed by atoms with Crippen LogP contribution in [0.4, 0.5) is 0 Å². The fourth-order valence-corrected chi connectivity index (χ4v) is 4.82. The largest absolute Gasteiger partial charge is 0.478 e. The number of rotatable bonds is 9. The second-order valence-electron chi connectivity index (χ2n) is 8.93. The molecule has 0 aliphatic heterocycles. The summed E-state index contributed by atoms with van der Waals surface area (Å²) in [6.45, 7) is 2.68. The molecule has 0 fully saturated rings. The maximum atomic E-state index is 13.3. The average molecular weight is 540 g/mol. The standard InChI is InChI=1S/C31H26ClN3O4/c1-2-39-18-27(19-9-4-3-5-10-19)35-30(36)20-15-16-21(23(17-20)31(37)38)28-22(11-8-12-24(28)32)29-33-25-13-6-7-14-26(25)34-29/h3-17,27H,2,18H2,1H3,(H,33,34)(H,35,36)(H,37,38)/t27-/m1/s1. The maximum absolute atomic E-state index is 13.3. The third-order valence-corrected chi connectivity index (χ3v) is 6.75. The molecule has 0 aliphatic carbocycles. The molecule has 3 N–H and O–H groups in total. The number of fused-ring (bicyclic) bond motifs is 1. The highest BCUT2D eigenvalue weighted by atomic mass is 35.5. The minimum atomic E-state index is -1.18. The van der Waals surface area contributed by atoms with Gasteiger partial charge in [-0.15, -0.1) is 0 Å². The van der Waals surface area contributed by atoms with Crippen LogP contribution in [-0.2, 0) is 4.74 Å². The van der Waals surface area contributed by atoms with Crippen LogP contribution in [-0.4, -0.2) is 40.2 Å². The number of para-hydroxylation sites is 2. The van der Waals surface area contributed by atoms with Crippen LogP contribution in [0.1, 0.15) is 39.2 Å². The number of imidazole rings is 1. The van der Waals surface area contributed by atoms with Crippen molar-refractivity contribution in [3.63, 3.8) is 0 Å². The highest BCUT2D eigenvalue weighted by molar-refractivity contribution is 6.34. The quantitative estimate of drug-likeness (QED) is 0.192. The van der Waals surface area contributed by atoms with Crippen molar-refractivity contribution in [1.29, 1.82) is 0 Å². The molecule has 8 heteroatoms. The molecular weight excluding hydrogens is 514 g/mol. The molecule has 7 nitrogen and oxygen atoms in total. The zero-order valence-corrected chi connectivity index (χ0v) is 21.9. The van der Waals surface area contributed by atoms with Crippen molar-refractivity contribution in [3.8, 4) is 22.5 Å². The summed E-state index contributed by atoms with van der Waals surface area (Å²) in [4.78, 5) is 33.7. The molecule has 1 aromatic heterocycles. The van der Waals surface area contributed by atoms with Crippen LogP contribution < -0.4 is 5.32 Å². The van der Waals surface area contributed by atoms with E-state index in [2.05, 4.69) is 15.3 Å². The first-order chi connectivity index (χ1) is 19.0. The normalized spacial score (nSPS) is 11.8. The lowest BCUT2D eigenvalue weighted by atomic mass is 9.93. The van der Waals surface area contributed by atoms with E-state index in [-0.39, 0.29) is 17.7 Å². The van der Waals surface area contributed by atoms with Crippen LogP contribution in [0.2, 0.25) is 5.02 Å². The number of carbonyl (C=O) groups is 2. The highest BCUT2D eigenvalue weighted by Gasteiger charge is 2.23. The Morgan fingerprint density at radius 2 is 1.74 bits per heavy atom. The van der Waals surface area contributed by atoms with Crippen molar-refractivity contribution in [1.82, 2.24) is 15.3 Å². The molecule has 0 saturated heterocycles. The SMILES string of the molecule is CCOC[C@@H](NC(=O)c1ccc(-c2c(Cl)cccc2-c2nc3ccccc3[nH]2)c(C(=O)O)c1)c1ccccc1. The number of benzene rings is 4. The van der Waals surface area contributed by atoms with Crippen LogP contribution in [0.5, 0.6) is 0 Å². The number of hydrogen-bond donors (Lipinski definition) is 3. The Balaban J connectivity index is 1.53. The monoisotopic (exact) mass is 539 g/mol. The number of aromatic carboxylic acids is 1. The van der Waals surface area contributed by atoms with E-state index in [1.165, 1.54) is 6.07 Å². The number of carbonyl (C=O) groups excluding carboxylic acids is 1. The van der Waals surface area contributed by atoms with Gasteiger partial charge in [-0.25, -0.2) is 9.78 Å². The summed E-state index contributed by atoms with van der Waals surface area (Å²) in [6.07, 6.45) is 0. The zero-order chi connectivity index (χ0) is 27.4. The van der Waals surface area contributed by atoms with Crippen molar-refractivity contribution in [3.05, 3.63) is 113 Å². The van der Waals surface area contributed by atoms with E-state index in [0.29, 0.717) is 34.1 Å². The molecule has 39 heavy (non-hydrogen) atoms. The number of aromatic amines is 1. The summed E-state index contributed by atoms with van der Waals surface area (Å²) in [5.74, 6) is -1.02. The minimum absolute atomic E-state index is 0.0471. The summed E-state index contributed by atoms with van der Waals surface area (Å²) < 4.78 is 5.58. The summed E-state index contributed by atoms with van der Waals surface area (Å²) in [5.41, 5.74) is 4.24. The predicted octanol–water partition coefficient (Wildman–Crippen LogP) is 6.76. The fraction of sp³-hybridized carbons (Fsp3) is 0.129. The van der Waals surface area contributed by atoms with Gasteiger partial charge < -0.3 is 20.1 Å². The van der Waals surface area contributed by atoms with E-state index in [1.807, 2.05) is 67.6 Å². The van der Waals surface area contributed by atoms with Gasteiger partial charge in [-0.05, 0) is 48.4 Å². The maximum Gasteiger partial charge on any atom is 0.336 e. The average Bonchev–Trinajstić information content (AvgIpc) is 3.39. The molecule has 1 heterocycles. The lowest BCUT2D eigenvalue weighted by Gasteiger charge is -2.20. The van der Waals surface area contributed by atoms with Crippen molar-refractivity contribution in [2.45, 2.75) is 13.0 Å². The van der Waals surface area contributed by atoms with E-state index in [4.69, 9.17) is 16.3 Å². The van der Waals surface area contributed by atoms with E-state index < -0.39 is 17.9 Å². The lowest BCUT2D eigenvalue weighted by Crippen LogP contribution is -2.31. The summed E-state index contributed by atoms with van der Waals surface area (Å²) >= 11 is 6.65. The van der Waals surface area contributed by atoms with E-state index in [9.17, 15) is 14.7 Å². The first kappa shape index (κ1) is 26.2. The van der Waals surface area contributed by atoms with Crippen LogP contribution in [0.15, 0.2) is 91.0 Å². The third-order valence-electron chi connectivity index (χ3n) is 6.44. The van der Waals surface area contributed by atoms with Gasteiger partial charge in [-0.2, -0.15) is 0 Å². The highest BCUT2D eigenvalue weighted by Crippen LogP contribution is 2.39. The van der Waals surface area contributed by atoms with Crippen molar-refractivity contribution < 1.29 is 19.4 Å². The van der Waals surface area contributed by atoms with Crippen molar-refractivity contribution in [2.75, 3.05) is 13.2 Å². The molecule has 4 aromatic carbocycles. The number of H-pyrrole nitrogens is 1. The van der Waals surface area contributed by atoms with Gasteiger partial charge in [-0.1, -0.05) is 72.3 Å². The Morgan fingerprint density at radius 3 is 2.49 bits per heavy atom. The third kappa shape index (κ3) is 5.55. The Labute approximate surface area is 230 Å². The molecule has 0 spiro atoms. The van der Waals surface area contributed by atoms with Gasteiger partial charge in [0.1, 0.15) is 5.82 Å². The summed E-state index contributed by atoms with van der Waals surface area (Å²) in [5, 5.41) is 13.5. The summed E-state index contributed by atoms with van der Waals surface area (Å²) in [6, 6.07) is 26.6. The second kappa shape index (κ2) is 11.5. The molecule has 0 bridgehead atoms. The molecule has 1 amide bonds. The predicted molar refractivity (Wildman–Crippen MR) is 152 cm³/mol. The molecule has 0 radical (unpaired) electrons. The van der Waals surface area contributed by atoms with Gasteiger partial charge >= 0.3 is 5.97 Å². The van der Waals surface area contributed by atoms with E-state index in [1.54, 1.807) is 24.3 Å². The molecule has 0 unspecified atom stereocenters. The Bertz CT molecular complexity index is 1620. The van der Waals surface area contributed by atoms with Gasteiger partial charge in [-0.3, -0.25) is 4.79 Å². The zero-order valence-electron chi connectivity index (χ0n) is 21.1.